The van der Waals surface area contributed by atoms with Crippen molar-refractivity contribution in [3.05, 3.63) is 88.0 Å². The molecule has 0 N–H and O–H groups in total. The second kappa shape index (κ2) is 12.0. The summed E-state index contributed by atoms with van der Waals surface area (Å²) in [5.74, 6) is 1.60. The first-order chi connectivity index (χ1) is 20.0. The number of hydrogen-bond donors (Lipinski definition) is 0. The van der Waals surface area contributed by atoms with Crippen LogP contribution in [-0.4, -0.2) is 45.3 Å². The van der Waals surface area contributed by atoms with Gasteiger partial charge in [-0.2, -0.15) is 0 Å². The fraction of sp³-hybridized carbons (Fsp3) is 0.375. The molecule has 1 aromatic carbocycles. The molecule has 41 heavy (non-hydrogen) atoms. The number of ether oxygens (including phenoxy) is 3. The molecule has 1 aliphatic heterocycles. The van der Waals surface area contributed by atoms with Gasteiger partial charge in [-0.3, -0.25) is 0 Å². The zero-order chi connectivity index (χ0) is 28.3. The predicted octanol–water partition coefficient (Wildman–Crippen LogP) is 6.37. The van der Waals surface area contributed by atoms with Crippen molar-refractivity contribution < 1.29 is 19.0 Å². The average Bonchev–Trinajstić information content (AvgIpc) is 3.30. The van der Waals surface area contributed by atoms with Crippen molar-refractivity contribution in [2.75, 3.05) is 13.7 Å². The molecule has 2 atom stereocenters. The lowest BCUT2D eigenvalue weighted by Gasteiger charge is -2.28. The maximum Gasteiger partial charge on any atom is 0.356 e. The number of esters is 1. The summed E-state index contributed by atoms with van der Waals surface area (Å²) in [6.45, 7) is 3.95. The molecule has 0 bridgehead atoms. The molecule has 9 heteroatoms. The van der Waals surface area contributed by atoms with Gasteiger partial charge in [0.05, 0.1) is 25.5 Å². The summed E-state index contributed by atoms with van der Waals surface area (Å²) < 4.78 is 18.8. The summed E-state index contributed by atoms with van der Waals surface area (Å²) in [6, 6.07) is 15.3. The molecule has 0 amide bonds. The molecule has 1 fully saturated rings. The summed E-state index contributed by atoms with van der Waals surface area (Å²) in [6.07, 6.45) is 7.21. The Labute approximate surface area is 244 Å². The Balaban J connectivity index is 1.15. The third kappa shape index (κ3) is 6.14. The van der Waals surface area contributed by atoms with E-state index in [0.29, 0.717) is 30.6 Å². The number of hydrogen-bond acceptors (Lipinski definition) is 7. The zero-order valence-electron chi connectivity index (χ0n) is 23.3. The number of nitrogens with zero attached hydrogens (tertiary/aromatic N) is 4. The monoisotopic (exact) mass is 572 g/mol. The Morgan fingerprint density at radius 1 is 1.12 bits per heavy atom. The van der Waals surface area contributed by atoms with E-state index in [4.69, 9.17) is 35.8 Å². The third-order valence-electron chi connectivity index (χ3n) is 7.97. The van der Waals surface area contributed by atoms with Gasteiger partial charge in [-0.05, 0) is 85.6 Å². The van der Waals surface area contributed by atoms with Crippen molar-refractivity contribution in [3.63, 3.8) is 0 Å². The molecule has 0 spiro atoms. The highest BCUT2D eigenvalue weighted by Crippen LogP contribution is 2.33. The number of carbonyl (C=O) groups excluding carboxylic acids is 1. The van der Waals surface area contributed by atoms with Crippen LogP contribution in [0.2, 0.25) is 5.02 Å². The Hall–Kier alpha value is -3.75. The minimum absolute atomic E-state index is 0.150. The van der Waals surface area contributed by atoms with Crippen LogP contribution in [0, 0.1) is 12.8 Å². The zero-order valence-corrected chi connectivity index (χ0v) is 24.1. The fourth-order valence-corrected chi connectivity index (χ4v) is 5.68. The van der Waals surface area contributed by atoms with E-state index in [1.54, 1.807) is 6.07 Å². The molecule has 6 rings (SSSR count). The number of benzene rings is 1. The number of halogens is 1. The minimum atomic E-state index is -0.450. The maximum atomic E-state index is 12.1. The quantitative estimate of drug-likeness (QED) is 0.215. The second-order valence-electron chi connectivity index (χ2n) is 10.7. The molecule has 212 valence electrons. The number of imidazole rings is 1. The standard InChI is InChI=1S/C32H33ClN4O4/c1-20-16-24(33)11-10-23(20)19-41-30-5-3-4-26(35-30)22-8-6-21(7-9-22)17-29-34-27-12-13-28(32(38)39-2)36-31(27)37(29)18-25-14-15-40-25/h3-5,8,10-13,16,21,25H,6-7,9,14-15,17-19H2,1-2H3. The van der Waals surface area contributed by atoms with Gasteiger partial charge >= 0.3 is 5.97 Å². The van der Waals surface area contributed by atoms with Gasteiger partial charge in [-0.25, -0.2) is 19.7 Å². The molecule has 4 heterocycles. The molecular weight excluding hydrogens is 540 g/mol. The van der Waals surface area contributed by atoms with E-state index in [1.165, 1.54) is 12.7 Å². The van der Waals surface area contributed by atoms with Crippen LogP contribution in [0.25, 0.3) is 16.7 Å². The number of methoxy groups -OCH3 is 1. The van der Waals surface area contributed by atoms with Crippen LogP contribution in [0.1, 0.15) is 58.8 Å². The van der Waals surface area contributed by atoms with Crippen LogP contribution < -0.4 is 4.74 Å². The number of aromatic nitrogens is 4. The third-order valence-corrected chi connectivity index (χ3v) is 8.20. The Morgan fingerprint density at radius 3 is 2.73 bits per heavy atom. The lowest BCUT2D eigenvalue weighted by atomic mass is 9.86. The number of carbonyl (C=O) groups is 1. The van der Waals surface area contributed by atoms with E-state index in [9.17, 15) is 4.79 Å². The highest BCUT2D eigenvalue weighted by atomic mass is 35.5. The average molecular weight is 573 g/mol. The van der Waals surface area contributed by atoms with Crippen LogP contribution in [-0.2, 0) is 29.0 Å². The number of allylic oxidation sites excluding steroid dienone is 2. The number of fused-ring (bicyclic) bond motifs is 1. The predicted molar refractivity (Wildman–Crippen MR) is 157 cm³/mol. The first-order valence-corrected chi connectivity index (χ1v) is 14.4. The van der Waals surface area contributed by atoms with Gasteiger partial charge in [0.1, 0.15) is 17.9 Å². The van der Waals surface area contributed by atoms with Gasteiger partial charge < -0.3 is 18.8 Å². The summed E-state index contributed by atoms with van der Waals surface area (Å²) >= 11 is 6.08. The first kappa shape index (κ1) is 27.4. The van der Waals surface area contributed by atoms with E-state index in [1.807, 2.05) is 43.3 Å². The summed E-state index contributed by atoms with van der Waals surface area (Å²) in [5, 5.41) is 0.725. The van der Waals surface area contributed by atoms with Crippen LogP contribution in [0.5, 0.6) is 5.88 Å². The van der Waals surface area contributed by atoms with E-state index in [-0.39, 0.29) is 11.8 Å². The molecule has 3 aromatic heterocycles. The molecule has 2 aliphatic rings. The van der Waals surface area contributed by atoms with Crippen molar-refractivity contribution >= 4 is 34.3 Å². The molecular formula is C32H33ClN4O4. The molecule has 0 radical (unpaired) electrons. The highest BCUT2D eigenvalue weighted by molar-refractivity contribution is 6.30. The van der Waals surface area contributed by atoms with Crippen LogP contribution in [0.4, 0.5) is 0 Å². The lowest BCUT2D eigenvalue weighted by Crippen LogP contribution is -2.32. The second-order valence-corrected chi connectivity index (χ2v) is 11.2. The topological polar surface area (TPSA) is 88.4 Å². The van der Waals surface area contributed by atoms with Crippen LogP contribution in [0.3, 0.4) is 0 Å². The van der Waals surface area contributed by atoms with Gasteiger partial charge in [-0.1, -0.05) is 29.8 Å². The largest absolute Gasteiger partial charge is 0.473 e. The molecule has 0 saturated carbocycles. The minimum Gasteiger partial charge on any atom is -0.473 e. The van der Waals surface area contributed by atoms with Crippen molar-refractivity contribution in [1.29, 1.82) is 0 Å². The van der Waals surface area contributed by atoms with Crippen LogP contribution in [0.15, 0.2) is 54.6 Å². The van der Waals surface area contributed by atoms with E-state index < -0.39 is 5.97 Å². The van der Waals surface area contributed by atoms with Gasteiger partial charge in [0.2, 0.25) is 5.88 Å². The Bertz CT molecular complexity index is 1610. The molecule has 8 nitrogen and oxygen atoms in total. The SMILES string of the molecule is COC(=O)c1ccc2nc(CC3CC=C(c4cccc(OCc5ccc(Cl)cc5C)n4)CC3)n(CC3CCO3)c2n1. The van der Waals surface area contributed by atoms with Crippen molar-refractivity contribution in [2.24, 2.45) is 5.92 Å². The highest BCUT2D eigenvalue weighted by Gasteiger charge is 2.25. The first-order valence-electron chi connectivity index (χ1n) is 14.1. The molecule has 4 aromatic rings. The van der Waals surface area contributed by atoms with Crippen molar-refractivity contribution in [1.82, 2.24) is 19.5 Å². The van der Waals surface area contributed by atoms with Crippen molar-refractivity contribution in [3.8, 4) is 5.88 Å². The molecule has 2 unspecified atom stereocenters. The Morgan fingerprint density at radius 2 is 2.00 bits per heavy atom. The Kier molecular flexibility index (Phi) is 8.03. The summed E-state index contributed by atoms with van der Waals surface area (Å²) in [5.41, 5.74) is 6.18. The summed E-state index contributed by atoms with van der Waals surface area (Å²) in [4.78, 5) is 26.4. The fourth-order valence-electron chi connectivity index (χ4n) is 5.46. The van der Waals surface area contributed by atoms with Gasteiger partial charge in [0, 0.05) is 24.1 Å². The maximum absolute atomic E-state index is 12.1. The lowest BCUT2D eigenvalue weighted by molar-refractivity contribution is -0.0591. The number of pyridine rings is 2. The summed E-state index contributed by atoms with van der Waals surface area (Å²) in [7, 11) is 1.37. The van der Waals surface area contributed by atoms with Gasteiger partial charge in [0.15, 0.2) is 11.3 Å². The normalized spacial score (nSPS) is 18.6. The number of rotatable bonds is 9. The van der Waals surface area contributed by atoms with Gasteiger partial charge in [0.25, 0.3) is 0 Å². The number of aryl methyl sites for hydroxylation is 1. The molecule has 1 saturated heterocycles. The van der Waals surface area contributed by atoms with Crippen molar-refractivity contribution in [2.45, 2.75) is 58.3 Å². The van der Waals surface area contributed by atoms with E-state index in [2.05, 4.69) is 21.7 Å². The smallest absolute Gasteiger partial charge is 0.356 e. The van der Waals surface area contributed by atoms with Gasteiger partial charge in [-0.15, -0.1) is 0 Å². The van der Waals surface area contributed by atoms with E-state index >= 15 is 0 Å². The van der Waals surface area contributed by atoms with Crippen LogP contribution >= 0.6 is 11.6 Å². The molecule has 1 aliphatic carbocycles. The van der Waals surface area contributed by atoms with E-state index in [0.717, 1.165) is 71.9 Å².